The van der Waals surface area contributed by atoms with E-state index in [9.17, 15) is 24.3 Å². The maximum Gasteiger partial charge on any atom is 0.407 e. The Kier molecular flexibility index (Phi) is 10.9. The molecule has 0 radical (unpaired) electrons. The number of amides is 3. The molecule has 1 aromatic heterocycles. The van der Waals surface area contributed by atoms with E-state index in [0.717, 1.165) is 41.5 Å². The third kappa shape index (κ3) is 9.10. The molecule has 0 bridgehead atoms. The van der Waals surface area contributed by atoms with Crippen LogP contribution in [-0.2, 0) is 20.7 Å². The Bertz CT molecular complexity index is 1810. The molecule has 262 valence electrons. The Balaban J connectivity index is 1.37. The summed E-state index contributed by atoms with van der Waals surface area (Å²) in [5.41, 5.74) is 3.29. The summed E-state index contributed by atoms with van der Waals surface area (Å²) in [6.45, 7) is 7.29. The van der Waals surface area contributed by atoms with Gasteiger partial charge in [0.15, 0.2) is 0 Å². The quantitative estimate of drug-likeness (QED) is 0.133. The van der Waals surface area contributed by atoms with Crippen LogP contribution in [-0.4, -0.2) is 67.8 Å². The molecule has 5 N–H and O–H groups in total. The summed E-state index contributed by atoms with van der Waals surface area (Å²) < 4.78 is 5.43. The van der Waals surface area contributed by atoms with Crippen molar-refractivity contribution in [3.05, 3.63) is 83.4 Å². The highest BCUT2D eigenvalue weighted by molar-refractivity contribution is 5.98. The average molecular weight is 682 g/mol. The summed E-state index contributed by atoms with van der Waals surface area (Å²) in [6, 6.07) is 18.6. The molecule has 5 rings (SSSR count). The van der Waals surface area contributed by atoms with Crippen LogP contribution >= 0.6 is 0 Å². The van der Waals surface area contributed by atoms with E-state index in [1.165, 1.54) is 0 Å². The number of carbonyl (C=O) groups is 4. The minimum absolute atomic E-state index is 0.0916. The molecule has 0 spiro atoms. The van der Waals surface area contributed by atoms with E-state index in [1.807, 2.05) is 31.2 Å². The van der Waals surface area contributed by atoms with Gasteiger partial charge in [0.25, 0.3) is 0 Å². The first-order valence-electron chi connectivity index (χ1n) is 16.7. The van der Waals surface area contributed by atoms with Crippen molar-refractivity contribution in [2.24, 2.45) is 5.41 Å². The number of aryl methyl sites for hydroxylation is 1. The number of ether oxygens (including phenoxy) is 1. The second kappa shape index (κ2) is 15.3. The molecule has 1 fully saturated rings. The number of nitrogens with zero attached hydrogens (tertiary/aromatic N) is 3. The molecule has 1 heterocycles. The Morgan fingerprint density at radius 3 is 2.22 bits per heavy atom. The summed E-state index contributed by atoms with van der Waals surface area (Å²) in [7, 11) is 0. The van der Waals surface area contributed by atoms with Gasteiger partial charge in [-0.15, -0.1) is 10.2 Å². The van der Waals surface area contributed by atoms with Gasteiger partial charge in [0.1, 0.15) is 11.6 Å². The van der Waals surface area contributed by atoms with Crippen molar-refractivity contribution in [3.63, 3.8) is 0 Å². The van der Waals surface area contributed by atoms with E-state index in [-0.39, 0.29) is 24.4 Å². The van der Waals surface area contributed by atoms with E-state index in [2.05, 4.69) is 36.6 Å². The average Bonchev–Trinajstić information content (AvgIpc) is 3.63. The van der Waals surface area contributed by atoms with Gasteiger partial charge >= 0.3 is 12.1 Å². The number of aromatic amines is 1. The Hall–Kier alpha value is -5.59. The van der Waals surface area contributed by atoms with Crippen LogP contribution in [0.5, 0.6) is 0 Å². The van der Waals surface area contributed by atoms with Crippen molar-refractivity contribution >= 4 is 29.6 Å². The Labute approximate surface area is 290 Å². The predicted octanol–water partition coefficient (Wildman–Crippen LogP) is 5.68. The highest BCUT2D eigenvalue weighted by Gasteiger charge is 2.41. The number of hydrogen-bond donors (Lipinski definition) is 5. The zero-order valence-corrected chi connectivity index (χ0v) is 28.7. The molecule has 4 aromatic rings. The summed E-state index contributed by atoms with van der Waals surface area (Å²) in [4.78, 5) is 52.0. The van der Waals surface area contributed by atoms with Gasteiger partial charge < -0.3 is 25.8 Å². The van der Waals surface area contributed by atoms with Crippen LogP contribution in [0.3, 0.4) is 0 Å². The van der Waals surface area contributed by atoms with Crippen molar-refractivity contribution in [2.45, 2.75) is 77.9 Å². The highest BCUT2D eigenvalue weighted by Crippen LogP contribution is 2.36. The maximum absolute atomic E-state index is 14.2. The molecule has 13 heteroatoms. The van der Waals surface area contributed by atoms with Gasteiger partial charge in [0.2, 0.25) is 17.6 Å². The van der Waals surface area contributed by atoms with Gasteiger partial charge in [0.05, 0.1) is 11.0 Å². The molecule has 0 aliphatic heterocycles. The van der Waals surface area contributed by atoms with Crippen molar-refractivity contribution in [1.29, 1.82) is 0 Å². The number of carboxylic acid groups (broad SMARTS) is 1. The van der Waals surface area contributed by atoms with E-state index in [1.54, 1.807) is 63.2 Å². The van der Waals surface area contributed by atoms with Crippen LogP contribution < -0.4 is 16.0 Å². The van der Waals surface area contributed by atoms with E-state index >= 15 is 0 Å². The molecule has 50 heavy (non-hydrogen) atoms. The molecule has 0 saturated heterocycles. The van der Waals surface area contributed by atoms with Gasteiger partial charge in [-0.3, -0.25) is 9.59 Å². The van der Waals surface area contributed by atoms with Crippen LogP contribution in [0.1, 0.15) is 74.4 Å². The first kappa shape index (κ1) is 35.7. The van der Waals surface area contributed by atoms with Gasteiger partial charge in [-0.2, -0.15) is 5.21 Å². The van der Waals surface area contributed by atoms with Gasteiger partial charge in [-0.25, -0.2) is 9.59 Å². The molecule has 1 aliphatic rings. The van der Waals surface area contributed by atoms with E-state index in [4.69, 9.17) is 4.74 Å². The van der Waals surface area contributed by atoms with Gasteiger partial charge in [-0.1, -0.05) is 49.6 Å². The number of aromatic carboxylic acids is 1. The Morgan fingerprint density at radius 2 is 1.62 bits per heavy atom. The zero-order chi connectivity index (χ0) is 35.9. The number of hydrogen-bond acceptors (Lipinski definition) is 8. The normalized spacial score (nSPS) is 14.6. The largest absolute Gasteiger partial charge is 0.478 e. The molecule has 1 atom stereocenters. The number of benzene rings is 3. The summed E-state index contributed by atoms with van der Waals surface area (Å²) in [6.07, 6.45) is 3.36. The third-order valence-corrected chi connectivity index (χ3v) is 8.82. The summed E-state index contributed by atoms with van der Waals surface area (Å²) in [5.74, 6) is -1.27. The minimum Gasteiger partial charge on any atom is -0.478 e. The Morgan fingerprint density at radius 1 is 0.940 bits per heavy atom. The fraction of sp³-hybridized carbons (Fsp3) is 0.378. The SMILES string of the molecule is Cc1cc(C(=O)O)ccc1-c1ccc(C[C@H](NC(=O)C2(CNC(=O)OC(C)(C)C)CCCCC2)C(=O)Nc2ccc(-c3nn[nH]n3)cc2)cc1. The number of alkyl carbamates (subject to hydrolysis) is 1. The second-order valence-corrected chi connectivity index (χ2v) is 13.8. The predicted molar refractivity (Wildman–Crippen MR) is 187 cm³/mol. The third-order valence-electron chi connectivity index (χ3n) is 8.82. The van der Waals surface area contributed by atoms with Gasteiger partial charge in [-0.05, 0) is 104 Å². The van der Waals surface area contributed by atoms with Crippen LogP contribution in [0.15, 0.2) is 66.7 Å². The second-order valence-electron chi connectivity index (χ2n) is 13.8. The first-order chi connectivity index (χ1) is 23.8. The van der Waals surface area contributed by atoms with E-state index < -0.39 is 35.0 Å². The van der Waals surface area contributed by atoms with Crippen molar-refractivity contribution in [3.8, 4) is 22.5 Å². The fourth-order valence-electron chi connectivity index (χ4n) is 6.18. The van der Waals surface area contributed by atoms with Crippen molar-refractivity contribution in [1.82, 2.24) is 31.3 Å². The maximum atomic E-state index is 14.2. The monoisotopic (exact) mass is 681 g/mol. The molecule has 1 saturated carbocycles. The molecule has 13 nitrogen and oxygen atoms in total. The number of nitrogens with one attached hydrogen (secondary N) is 4. The smallest absolute Gasteiger partial charge is 0.407 e. The first-order valence-corrected chi connectivity index (χ1v) is 16.7. The summed E-state index contributed by atoms with van der Waals surface area (Å²) >= 11 is 0. The number of carbonyl (C=O) groups excluding carboxylic acids is 3. The molecular weight excluding hydrogens is 638 g/mol. The molecule has 0 unspecified atom stereocenters. The van der Waals surface area contributed by atoms with E-state index in [0.29, 0.717) is 29.9 Å². The van der Waals surface area contributed by atoms with Crippen LogP contribution in [0.4, 0.5) is 10.5 Å². The number of rotatable bonds is 11. The lowest BCUT2D eigenvalue weighted by Gasteiger charge is -2.37. The topological polar surface area (TPSA) is 188 Å². The lowest BCUT2D eigenvalue weighted by molar-refractivity contribution is -0.135. The standard InChI is InChI=1S/C37H43N7O6/c1-23-20-27(33(46)47)14-17-29(23)25-10-8-24(9-11-25)21-30(32(45)39-28-15-12-26(13-16-28)31-41-43-44-42-31)40-34(48)37(18-6-5-7-19-37)22-38-35(49)50-36(2,3)4/h8-17,20,30H,5-7,18-19,21-22H2,1-4H3,(H,38,49)(H,39,45)(H,40,48)(H,46,47)(H,41,42,43,44)/t30-/m0/s1. The lowest BCUT2D eigenvalue weighted by atomic mass is 9.73. The number of aromatic nitrogens is 4. The molecule has 1 aliphatic carbocycles. The lowest BCUT2D eigenvalue weighted by Crippen LogP contribution is -2.55. The molecule has 3 amide bonds. The van der Waals surface area contributed by atoms with Crippen molar-refractivity contribution < 1.29 is 29.0 Å². The number of tetrazole rings is 1. The number of H-pyrrole nitrogens is 1. The van der Waals surface area contributed by atoms with Crippen LogP contribution in [0, 0.1) is 12.3 Å². The van der Waals surface area contributed by atoms with Crippen LogP contribution in [0.2, 0.25) is 0 Å². The zero-order valence-electron chi connectivity index (χ0n) is 28.7. The summed E-state index contributed by atoms with van der Waals surface area (Å²) in [5, 5.41) is 32.1. The van der Waals surface area contributed by atoms with Crippen LogP contribution in [0.25, 0.3) is 22.5 Å². The molecular formula is C37H43N7O6. The molecule has 3 aromatic carbocycles. The van der Waals surface area contributed by atoms with Crippen molar-refractivity contribution in [2.75, 3.05) is 11.9 Å². The minimum atomic E-state index is -0.986. The van der Waals surface area contributed by atoms with Gasteiger partial charge in [0, 0.05) is 24.2 Å². The highest BCUT2D eigenvalue weighted by atomic mass is 16.6. The number of anilines is 1. The fourth-order valence-corrected chi connectivity index (χ4v) is 6.18. The number of carboxylic acids is 1.